The highest BCUT2D eigenvalue weighted by atomic mass is 16.5. The van der Waals surface area contributed by atoms with Gasteiger partial charge in [0, 0.05) is 11.7 Å². The number of carbonyl (C=O) groups is 1. The molecule has 0 spiro atoms. The van der Waals surface area contributed by atoms with E-state index < -0.39 is 0 Å². The van der Waals surface area contributed by atoms with Gasteiger partial charge in [0.2, 0.25) is 0 Å². The molecule has 1 rings (SSSR count). The maximum absolute atomic E-state index is 12.3. The minimum Gasteiger partial charge on any atom is -0.463 e. The highest BCUT2D eigenvalue weighted by Crippen LogP contribution is 2.23. The molecule has 0 bridgehead atoms. The second-order valence-corrected chi connectivity index (χ2v) is 6.84. The molecule has 0 aromatic rings. The van der Waals surface area contributed by atoms with Crippen molar-refractivity contribution >= 4 is 5.97 Å². The van der Waals surface area contributed by atoms with Gasteiger partial charge in [-0.1, -0.05) is 51.9 Å². The van der Waals surface area contributed by atoms with Crippen LogP contribution in [0.25, 0.3) is 0 Å². The number of ether oxygens (including phenoxy) is 1. The van der Waals surface area contributed by atoms with Crippen molar-refractivity contribution in [2.45, 2.75) is 104 Å². The molecule has 1 saturated heterocycles. The van der Waals surface area contributed by atoms with Gasteiger partial charge >= 0.3 is 5.97 Å². The lowest BCUT2D eigenvalue weighted by atomic mass is 9.96. The molecule has 0 radical (unpaired) electrons. The number of carbonyl (C=O) groups excluding carboxylic acids is 1. The van der Waals surface area contributed by atoms with Gasteiger partial charge in [-0.2, -0.15) is 0 Å². The minimum atomic E-state index is -0.105. The third kappa shape index (κ3) is 8.43. The van der Waals surface area contributed by atoms with Crippen molar-refractivity contribution in [2.75, 3.05) is 6.61 Å². The number of esters is 1. The summed E-state index contributed by atoms with van der Waals surface area (Å²) >= 11 is 0. The van der Waals surface area contributed by atoms with Crippen LogP contribution in [0.4, 0.5) is 0 Å². The molecule has 0 aliphatic carbocycles. The lowest BCUT2D eigenvalue weighted by molar-refractivity contribution is -0.138. The lowest BCUT2D eigenvalue weighted by Crippen LogP contribution is -2.32. The topological polar surface area (TPSA) is 38.3 Å². The van der Waals surface area contributed by atoms with E-state index in [4.69, 9.17) is 4.74 Å². The summed E-state index contributed by atoms with van der Waals surface area (Å²) in [7, 11) is 0. The van der Waals surface area contributed by atoms with Crippen LogP contribution in [-0.4, -0.2) is 18.6 Å². The summed E-state index contributed by atoms with van der Waals surface area (Å²) in [5.74, 6) is -0.105. The van der Waals surface area contributed by atoms with Gasteiger partial charge in [-0.3, -0.25) is 0 Å². The number of hydrogen-bond donors (Lipinski definition) is 1. The Kier molecular flexibility index (Phi) is 10.8. The first-order valence-electron chi connectivity index (χ1n) is 9.84. The fourth-order valence-corrected chi connectivity index (χ4v) is 3.29. The zero-order valence-corrected chi connectivity index (χ0v) is 15.6. The second-order valence-electron chi connectivity index (χ2n) is 6.84. The van der Waals surface area contributed by atoms with Crippen molar-refractivity contribution in [3.63, 3.8) is 0 Å². The summed E-state index contributed by atoms with van der Waals surface area (Å²) in [5, 5.41) is 3.51. The summed E-state index contributed by atoms with van der Waals surface area (Å²) in [5.41, 5.74) is 2.05. The zero-order valence-electron chi connectivity index (χ0n) is 15.6. The average molecular weight is 324 g/mol. The first-order chi connectivity index (χ1) is 11.2. The maximum Gasteiger partial charge on any atom is 0.335 e. The summed E-state index contributed by atoms with van der Waals surface area (Å²) in [6, 6.07) is 0.474. The third-order valence-corrected chi connectivity index (χ3v) is 4.65. The highest BCUT2D eigenvalue weighted by molar-refractivity contribution is 5.89. The Hall–Kier alpha value is -0.990. The quantitative estimate of drug-likeness (QED) is 0.310. The molecule has 134 valence electrons. The van der Waals surface area contributed by atoms with Crippen LogP contribution in [0.3, 0.4) is 0 Å². The Bertz CT molecular complexity index is 363. The molecular weight excluding hydrogens is 286 g/mol. The Morgan fingerprint density at radius 3 is 2.35 bits per heavy atom. The molecule has 0 saturated carbocycles. The van der Waals surface area contributed by atoms with Gasteiger partial charge in [-0.25, -0.2) is 4.79 Å². The summed E-state index contributed by atoms with van der Waals surface area (Å²) in [6.45, 7) is 6.79. The second kappa shape index (κ2) is 12.4. The van der Waals surface area contributed by atoms with Gasteiger partial charge < -0.3 is 10.1 Å². The molecule has 1 atom stereocenters. The fraction of sp³-hybridized carbons (Fsp3) is 0.850. The van der Waals surface area contributed by atoms with Crippen LogP contribution in [-0.2, 0) is 9.53 Å². The number of unbranched alkanes of at least 4 members (excludes halogenated alkanes) is 7. The maximum atomic E-state index is 12.3. The molecule has 23 heavy (non-hydrogen) atoms. The first kappa shape index (κ1) is 20.1. The van der Waals surface area contributed by atoms with E-state index in [9.17, 15) is 4.79 Å². The van der Waals surface area contributed by atoms with Crippen LogP contribution in [0, 0.1) is 0 Å². The smallest absolute Gasteiger partial charge is 0.335 e. The van der Waals surface area contributed by atoms with Crippen molar-refractivity contribution in [1.82, 2.24) is 5.32 Å². The van der Waals surface area contributed by atoms with Gasteiger partial charge in [-0.15, -0.1) is 0 Å². The van der Waals surface area contributed by atoms with E-state index in [0.717, 1.165) is 30.5 Å². The van der Waals surface area contributed by atoms with Crippen molar-refractivity contribution in [1.29, 1.82) is 0 Å². The van der Waals surface area contributed by atoms with E-state index >= 15 is 0 Å². The Balaban J connectivity index is 2.39. The fourth-order valence-electron chi connectivity index (χ4n) is 3.29. The van der Waals surface area contributed by atoms with Crippen molar-refractivity contribution in [3.05, 3.63) is 11.3 Å². The summed E-state index contributed by atoms with van der Waals surface area (Å²) < 4.78 is 5.28. The summed E-state index contributed by atoms with van der Waals surface area (Å²) in [4.78, 5) is 12.3. The van der Waals surface area contributed by atoms with Crippen LogP contribution < -0.4 is 5.32 Å². The van der Waals surface area contributed by atoms with Gasteiger partial charge in [0.25, 0.3) is 0 Å². The molecule has 1 fully saturated rings. The zero-order chi connectivity index (χ0) is 16.9. The van der Waals surface area contributed by atoms with Crippen molar-refractivity contribution < 1.29 is 9.53 Å². The molecule has 0 amide bonds. The molecule has 0 aromatic carbocycles. The van der Waals surface area contributed by atoms with Gasteiger partial charge in [0.05, 0.1) is 12.2 Å². The molecule has 1 heterocycles. The van der Waals surface area contributed by atoms with E-state index in [1.165, 1.54) is 57.8 Å². The first-order valence-corrected chi connectivity index (χ1v) is 9.84. The number of rotatable bonds is 11. The van der Waals surface area contributed by atoms with Crippen molar-refractivity contribution in [3.8, 4) is 0 Å². The van der Waals surface area contributed by atoms with E-state index in [0.29, 0.717) is 12.6 Å². The summed E-state index contributed by atoms with van der Waals surface area (Å²) in [6.07, 6.45) is 14.6. The predicted molar refractivity (Wildman–Crippen MR) is 97.3 cm³/mol. The standard InChI is InChI=1S/C20H37NO2/c1-4-6-7-8-9-10-11-12-15-18(20(22)23-5-2)19-16-13-14-17(3)21-19/h17,21H,4-16H2,1-3H3/b19-18-. The van der Waals surface area contributed by atoms with E-state index in [1.807, 2.05) is 6.92 Å². The molecule has 1 N–H and O–H groups in total. The number of piperidine rings is 1. The van der Waals surface area contributed by atoms with Crippen LogP contribution in [0.5, 0.6) is 0 Å². The van der Waals surface area contributed by atoms with Gasteiger partial charge in [0.15, 0.2) is 0 Å². The molecular formula is C20H37NO2. The molecule has 3 nitrogen and oxygen atoms in total. The average Bonchev–Trinajstić information content (AvgIpc) is 2.53. The highest BCUT2D eigenvalue weighted by Gasteiger charge is 2.20. The van der Waals surface area contributed by atoms with Crippen LogP contribution >= 0.6 is 0 Å². The van der Waals surface area contributed by atoms with Gasteiger partial charge in [-0.05, 0) is 46.0 Å². The van der Waals surface area contributed by atoms with E-state index in [-0.39, 0.29) is 5.97 Å². The lowest BCUT2D eigenvalue weighted by Gasteiger charge is -2.26. The van der Waals surface area contributed by atoms with Crippen LogP contribution in [0.2, 0.25) is 0 Å². The molecule has 0 aromatic heterocycles. The SMILES string of the molecule is CCCCCCCCCC/C(C(=O)OCC)=C1\CCCC(C)N1. The van der Waals surface area contributed by atoms with Gasteiger partial charge in [0.1, 0.15) is 0 Å². The molecule has 1 unspecified atom stereocenters. The number of hydrogen-bond acceptors (Lipinski definition) is 3. The van der Waals surface area contributed by atoms with Crippen LogP contribution in [0.1, 0.15) is 97.8 Å². The Labute approximate surface area is 143 Å². The number of nitrogens with one attached hydrogen (secondary N) is 1. The predicted octanol–water partition coefficient (Wildman–Crippen LogP) is 5.50. The molecule has 1 aliphatic rings. The molecule has 3 heteroatoms. The number of allylic oxidation sites excluding steroid dienone is 1. The normalized spacial score (nSPS) is 20.0. The van der Waals surface area contributed by atoms with E-state index in [2.05, 4.69) is 19.2 Å². The molecule has 1 aliphatic heterocycles. The third-order valence-electron chi connectivity index (χ3n) is 4.65. The largest absolute Gasteiger partial charge is 0.463 e. The van der Waals surface area contributed by atoms with Crippen LogP contribution in [0.15, 0.2) is 11.3 Å². The minimum absolute atomic E-state index is 0.105. The van der Waals surface area contributed by atoms with E-state index in [1.54, 1.807) is 0 Å². The van der Waals surface area contributed by atoms with Crippen molar-refractivity contribution in [2.24, 2.45) is 0 Å². The monoisotopic (exact) mass is 323 g/mol. The Morgan fingerprint density at radius 2 is 1.74 bits per heavy atom. The Morgan fingerprint density at radius 1 is 1.09 bits per heavy atom.